The van der Waals surface area contributed by atoms with E-state index in [1.54, 1.807) is 0 Å². The summed E-state index contributed by atoms with van der Waals surface area (Å²) < 4.78 is 33.5. The van der Waals surface area contributed by atoms with Crippen LogP contribution in [0.3, 0.4) is 0 Å². The van der Waals surface area contributed by atoms with Crippen LogP contribution in [0.5, 0.6) is 0 Å². The third-order valence-corrected chi connectivity index (χ3v) is 29.4. The summed E-state index contributed by atoms with van der Waals surface area (Å²) in [5.41, 5.74) is 4.19. The fraction of sp³-hybridized carbons (Fsp3) is 0.536. The Morgan fingerprint density at radius 3 is 1.25 bits per heavy atom. The quantitative estimate of drug-likeness (QED) is 0.191. The fourth-order valence-electron chi connectivity index (χ4n) is 5.34. The molecule has 222 valence electrons. The number of hydrogen-bond donors (Lipinski definition) is 0. The zero-order valence-corrected chi connectivity index (χ0v) is 33.0. The van der Waals surface area contributed by atoms with E-state index in [-0.39, 0.29) is 0 Å². The van der Waals surface area contributed by atoms with Gasteiger partial charge in [-0.3, -0.25) is 0 Å². The molecule has 0 amide bonds. The first kappa shape index (κ1) is 35.2. The van der Waals surface area contributed by atoms with Gasteiger partial charge in [0, 0.05) is 0 Å². The smallest absolute Gasteiger partial charge is 0.314 e. The van der Waals surface area contributed by atoms with Crippen molar-refractivity contribution < 1.29 is 20.6 Å². The van der Waals surface area contributed by atoms with Crippen molar-refractivity contribution in [2.75, 3.05) is 0 Å². The second kappa shape index (κ2) is 13.1. The minimum atomic E-state index is -2.53. The van der Waals surface area contributed by atoms with Crippen molar-refractivity contribution in [1.82, 2.24) is 0 Å². The molecule has 2 aromatic rings. The molecule has 0 bridgehead atoms. The van der Waals surface area contributed by atoms with Crippen molar-refractivity contribution in [3.8, 4) is 17.2 Å². The molecule has 0 fully saturated rings. The molecule has 12 heteroatoms. The van der Waals surface area contributed by atoms with Crippen LogP contribution in [0.15, 0.2) is 48.5 Å². The van der Waals surface area contributed by atoms with E-state index in [0.29, 0.717) is 5.56 Å². The maximum atomic E-state index is 9.04. The summed E-state index contributed by atoms with van der Waals surface area (Å²) in [6.45, 7) is 28.2. The molecule has 0 aromatic heterocycles. The van der Waals surface area contributed by atoms with Crippen molar-refractivity contribution in [3.63, 3.8) is 0 Å². The highest BCUT2D eigenvalue weighted by Gasteiger charge is 2.47. The van der Waals surface area contributed by atoms with Gasteiger partial charge in [-0.1, -0.05) is 43.3 Å². The van der Waals surface area contributed by atoms with E-state index in [9.17, 15) is 0 Å². The summed E-state index contributed by atoms with van der Waals surface area (Å²) in [5.74, 6) is 0. The van der Waals surface area contributed by atoms with Crippen LogP contribution >= 0.6 is 0 Å². The second-order valence-corrected chi connectivity index (χ2v) is 36.9. The van der Waals surface area contributed by atoms with Gasteiger partial charge in [-0.05, 0) is 119 Å². The molecular weight excluding hydrogens is 599 g/mol. The molecule has 0 radical (unpaired) electrons. The molecule has 0 saturated heterocycles. The number of nitrogens with zero attached hydrogens (tertiary/aromatic N) is 1. The molecule has 0 N–H and O–H groups in total. The van der Waals surface area contributed by atoms with Gasteiger partial charge in [0.15, 0.2) is 16.6 Å². The molecule has 0 aliphatic rings. The molecule has 0 heterocycles. The largest absolute Gasteiger partial charge is 0.436 e. The van der Waals surface area contributed by atoms with E-state index in [4.69, 9.17) is 25.8 Å². The predicted octanol–water partition coefficient (Wildman–Crippen LogP) is 8.63. The molecule has 6 nitrogen and oxygen atoms in total. The predicted molar refractivity (Wildman–Crippen MR) is 181 cm³/mol. The summed E-state index contributed by atoms with van der Waals surface area (Å²) in [6.07, 6.45) is 0. The average Bonchev–Trinajstić information content (AvgIpc) is 2.75. The van der Waals surface area contributed by atoms with E-state index in [2.05, 4.69) is 116 Å². The van der Waals surface area contributed by atoms with Crippen LogP contribution in [0, 0.1) is 11.3 Å². The van der Waals surface area contributed by atoms with Crippen molar-refractivity contribution in [2.45, 2.75) is 97.6 Å². The van der Waals surface area contributed by atoms with Gasteiger partial charge < -0.3 is 20.6 Å². The highest BCUT2D eigenvalue weighted by Crippen LogP contribution is 2.29. The minimum absolute atomic E-state index is 0.673. The summed E-state index contributed by atoms with van der Waals surface area (Å²) in [5, 5.41) is 9.04. The Kier molecular flexibility index (Phi) is 11.6. The van der Waals surface area contributed by atoms with Crippen molar-refractivity contribution >= 4 is 50.9 Å². The molecule has 2 aromatic carbocycles. The highest BCUT2D eigenvalue weighted by atomic mass is 28.5. The number of hydrogen-bond acceptors (Lipinski definition) is 6. The van der Waals surface area contributed by atoms with Crippen LogP contribution in [-0.4, -0.2) is 50.9 Å². The lowest BCUT2D eigenvalue weighted by Gasteiger charge is -2.43. The lowest BCUT2D eigenvalue weighted by atomic mass is 10.0. The van der Waals surface area contributed by atoms with Gasteiger partial charge in [0.05, 0.1) is 11.6 Å². The van der Waals surface area contributed by atoms with Gasteiger partial charge in [0.2, 0.25) is 0 Å². The molecule has 2 rings (SSSR count). The third-order valence-electron chi connectivity index (χ3n) is 6.30. The Hall–Kier alpha value is -0.969. The Labute approximate surface area is 250 Å². The molecule has 0 aliphatic heterocycles. The minimum Gasteiger partial charge on any atom is -0.436 e. The number of nitriles is 1. The Morgan fingerprint density at radius 1 is 0.525 bits per heavy atom. The van der Waals surface area contributed by atoms with Gasteiger partial charge in [-0.15, -0.1) is 0 Å². The van der Waals surface area contributed by atoms with E-state index < -0.39 is 50.9 Å². The van der Waals surface area contributed by atoms with Gasteiger partial charge in [-0.2, -0.15) is 5.26 Å². The molecule has 0 unspecified atom stereocenters. The standard InChI is InChI=1S/C28H51NO5Si6/c1-14-35(2,3)30-37(6,7)32-39(10,11)34-40(12,13)33-38(8,9)31-36(4,5)24-26-17-21-28(22-18-26)27-19-15-25(23-29)16-20-27/h15-22H,14,24H2,1-13H3. The summed E-state index contributed by atoms with van der Waals surface area (Å²) in [4.78, 5) is 0. The molecule has 40 heavy (non-hydrogen) atoms. The van der Waals surface area contributed by atoms with Gasteiger partial charge >= 0.3 is 34.2 Å². The van der Waals surface area contributed by atoms with Gasteiger partial charge in [0.25, 0.3) is 0 Å². The van der Waals surface area contributed by atoms with E-state index >= 15 is 0 Å². The van der Waals surface area contributed by atoms with Crippen LogP contribution in [0.2, 0.25) is 84.6 Å². The van der Waals surface area contributed by atoms with Crippen molar-refractivity contribution in [2.24, 2.45) is 0 Å². The molecule has 0 atom stereocenters. The molecule has 0 aliphatic carbocycles. The summed E-state index contributed by atoms with van der Waals surface area (Å²) in [6, 6.07) is 20.5. The fourth-order valence-corrected chi connectivity index (χ4v) is 34.4. The SMILES string of the molecule is CC[Si](C)(C)O[Si](C)(C)O[Si](C)(C)O[Si](C)(C)O[Si](C)(C)O[Si](C)(C)Cc1ccc(-c2ccc(C#N)cc2)cc1. The first-order valence-electron chi connectivity index (χ1n) is 14.2. The van der Waals surface area contributed by atoms with Crippen LogP contribution in [0.1, 0.15) is 18.1 Å². The first-order valence-corrected chi connectivity index (χ1v) is 31.7. The Morgan fingerprint density at radius 2 is 0.875 bits per heavy atom. The average molecular weight is 650 g/mol. The van der Waals surface area contributed by atoms with Crippen LogP contribution in [0.4, 0.5) is 0 Å². The molecular formula is C28H51NO5Si6. The van der Waals surface area contributed by atoms with Gasteiger partial charge in [0.1, 0.15) is 0 Å². The number of benzene rings is 2. The van der Waals surface area contributed by atoms with Crippen LogP contribution in [0.25, 0.3) is 11.1 Å². The first-order chi connectivity index (χ1) is 18.1. The maximum Gasteiger partial charge on any atom is 0.314 e. The zero-order chi connectivity index (χ0) is 30.6. The normalized spacial score (nSPS) is 13.8. The van der Waals surface area contributed by atoms with Crippen molar-refractivity contribution in [3.05, 3.63) is 59.7 Å². The topological polar surface area (TPSA) is 69.9 Å². The number of rotatable bonds is 14. The van der Waals surface area contributed by atoms with E-state index in [1.165, 1.54) is 5.56 Å². The van der Waals surface area contributed by atoms with Crippen LogP contribution in [-0.2, 0) is 26.6 Å². The lowest BCUT2D eigenvalue weighted by Crippen LogP contribution is -2.60. The lowest BCUT2D eigenvalue weighted by molar-refractivity contribution is 0.281. The van der Waals surface area contributed by atoms with E-state index in [1.807, 2.05) is 24.3 Å². The Bertz CT molecular complexity index is 1160. The maximum absolute atomic E-state index is 9.04. The van der Waals surface area contributed by atoms with Crippen LogP contribution < -0.4 is 0 Å². The summed E-state index contributed by atoms with van der Waals surface area (Å²) >= 11 is 0. The second-order valence-electron chi connectivity index (χ2n) is 13.5. The highest BCUT2D eigenvalue weighted by molar-refractivity contribution is 6.91. The summed E-state index contributed by atoms with van der Waals surface area (Å²) in [7, 11) is -13.6. The third kappa shape index (κ3) is 12.1. The zero-order valence-electron chi connectivity index (χ0n) is 27.0. The Balaban J connectivity index is 2.02. The van der Waals surface area contributed by atoms with E-state index in [0.717, 1.165) is 23.2 Å². The molecule has 0 spiro atoms. The molecule has 0 saturated carbocycles. The monoisotopic (exact) mass is 649 g/mol. The van der Waals surface area contributed by atoms with Gasteiger partial charge in [-0.25, -0.2) is 0 Å². The van der Waals surface area contributed by atoms with Crippen molar-refractivity contribution in [1.29, 1.82) is 5.26 Å².